The third-order valence-corrected chi connectivity index (χ3v) is 12.0. The van der Waals surface area contributed by atoms with Crippen molar-refractivity contribution in [3.63, 3.8) is 0 Å². The molecule has 5 fully saturated rings. The number of hydrogen-bond acceptors (Lipinski definition) is 4. The molecule has 1 saturated heterocycles. The molecule has 0 radical (unpaired) electrons. The molecule has 1 amide bonds. The highest BCUT2D eigenvalue weighted by Crippen LogP contribution is 2.68. The van der Waals surface area contributed by atoms with E-state index in [1.807, 2.05) is 18.7 Å². The number of β-lactam (4-membered cyclic amide) rings is 1. The van der Waals surface area contributed by atoms with Gasteiger partial charge in [0.1, 0.15) is 0 Å². The molecule has 11 atom stereocenters. The maximum Gasteiger partial charge on any atom is 0.252 e. The number of aliphatic hydroxyl groups excluding tert-OH is 2. The molecular weight excluding hydrogens is 424 g/mol. The van der Waals surface area contributed by atoms with Crippen molar-refractivity contribution < 1.29 is 15.0 Å². The van der Waals surface area contributed by atoms with Crippen LogP contribution in [0.5, 0.6) is 0 Å². The molecule has 0 aromatic carbocycles. The van der Waals surface area contributed by atoms with Crippen LogP contribution in [0.15, 0.2) is 11.1 Å². The summed E-state index contributed by atoms with van der Waals surface area (Å²) < 4.78 is 0. The molecule has 192 valence electrons. The Kier molecular flexibility index (Phi) is 6.06. The number of likely N-dealkylation sites (tertiary alicyclic amines) is 1. The quantitative estimate of drug-likeness (QED) is 0.480. The summed E-state index contributed by atoms with van der Waals surface area (Å²) in [6, 6.07) is 0.364. The maximum absolute atomic E-state index is 12.8. The van der Waals surface area contributed by atoms with Crippen molar-refractivity contribution >= 4 is 5.91 Å². The van der Waals surface area contributed by atoms with Gasteiger partial charge in [-0.2, -0.15) is 0 Å². The zero-order valence-corrected chi connectivity index (χ0v) is 22.6. The third-order valence-electron chi connectivity index (χ3n) is 12.0. The van der Waals surface area contributed by atoms with Gasteiger partial charge in [-0.15, -0.1) is 0 Å². The van der Waals surface area contributed by atoms with E-state index < -0.39 is 6.10 Å². The van der Waals surface area contributed by atoms with Crippen molar-refractivity contribution in [1.29, 1.82) is 0 Å². The Bertz CT molecular complexity index is 865. The molecule has 4 saturated carbocycles. The van der Waals surface area contributed by atoms with Crippen molar-refractivity contribution in [3.05, 3.63) is 11.1 Å². The van der Waals surface area contributed by atoms with Gasteiger partial charge in [-0.25, -0.2) is 0 Å². The monoisotopic (exact) mass is 472 g/mol. The second kappa shape index (κ2) is 8.31. The SMILES string of the molecule is CC(C)=C1CN([C@@H]2CC[C@@]3(C)[C@@H](CC[C@@H]4[C@@H]3CC[C@]3(C)[C@@H]([C@H](C)N(C)C)[C@@H](O)C[C@@H]43)[C@H]2O)C1=O. The number of fused-ring (bicyclic) bond motifs is 5. The normalized spacial score (nSPS) is 49.3. The average molecular weight is 473 g/mol. The molecule has 2 N–H and O–H groups in total. The maximum atomic E-state index is 12.8. The van der Waals surface area contributed by atoms with Crippen LogP contribution < -0.4 is 0 Å². The highest BCUT2D eigenvalue weighted by molar-refractivity contribution is 6.01. The Balaban J connectivity index is 1.36. The molecule has 5 aliphatic rings. The highest BCUT2D eigenvalue weighted by atomic mass is 16.3. The lowest BCUT2D eigenvalue weighted by Crippen LogP contribution is -2.64. The van der Waals surface area contributed by atoms with Crippen LogP contribution in [0.2, 0.25) is 0 Å². The smallest absolute Gasteiger partial charge is 0.252 e. The van der Waals surface area contributed by atoms with E-state index in [1.54, 1.807) is 0 Å². The van der Waals surface area contributed by atoms with Crippen molar-refractivity contribution in [3.8, 4) is 0 Å². The van der Waals surface area contributed by atoms with Crippen LogP contribution in [0.3, 0.4) is 0 Å². The van der Waals surface area contributed by atoms with Crippen LogP contribution in [0.25, 0.3) is 0 Å². The van der Waals surface area contributed by atoms with E-state index in [0.717, 1.165) is 43.3 Å². The number of nitrogens with zero attached hydrogens (tertiary/aromatic N) is 2. The Morgan fingerprint density at radius 1 is 1.00 bits per heavy atom. The fraction of sp³-hybridized carbons (Fsp3) is 0.897. The molecular formula is C29H48N2O3. The summed E-state index contributed by atoms with van der Waals surface area (Å²) >= 11 is 0. The van der Waals surface area contributed by atoms with Crippen LogP contribution in [0.1, 0.15) is 79.6 Å². The molecule has 0 aromatic rings. The second-order valence-corrected chi connectivity index (χ2v) is 13.7. The number of carbonyl (C=O) groups excluding carboxylic acids is 1. The number of aliphatic hydroxyl groups is 2. The zero-order chi connectivity index (χ0) is 24.7. The number of carbonyl (C=O) groups is 1. The fourth-order valence-electron chi connectivity index (χ4n) is 9.93. The van der Waals surface area contributed by atoms with Gasteiger partial charge >= 0.3 is 0 Å². The van der Waals surface area contributed by atoms with E-state index in [9.17, 15) is 15.0 Å². The minimum Gasteiger partial charge on any atom is -0.393 e. The molecule has 34 heavy (non-hydrogen) atoms. The molecule has 1 heterocycles. The molecule has 1 aliphatic heterocycles. The second-order valence-electron chi connectivity index (χ2n) is 13.7. The topological polar surface area (TPSA) is 64.0 Å². The lowest BCUT2D eigenvalue weighted by molar-refractivity contribution is -0.173. The van der Waals surface area contributed by atoms with Gasteiger partial charge < -0.3 is 20.0 Å². The summed E-state index contributed by atoms with van der Waals surface area (Å²) in [6.45, 7) is 12.0. The van der Waals surface area contributed by atoms with Crippen molar-refractivity contribution in [2.75, 3.05) is 20.6 Å². The fourth-order valence-corrected chi connectivity index (χ4v) is 9.93. The average Bonchev–Trinajstić information content (AvgIpc) is 3.03. The molecule has 0 bridgehead atoms. The van der Waals surface area contributed by atoms with Crippen molar-refractivity contribution in [1.82, 2.24) is 9.80 Å². The Morgan fingerprint density at radius 3 is 2.29 bits per heavy atom. The van der Waals surface area contributed by atoms with Gasteiger partial charge in [0.25, 0.3) is 5.91 Å². The summed E-state index contributed by atoms with van der Waals surface area (Å²) in [5.41, 5.74) is 2.40. The van der Waals surface area contributed by atoms with Gasteiger partial charge in [0.05, 0.1) is 24.8 Å². The van der Waals surface area contributed by atoms with Gasteiger partial charge in [0.15, 0.2) is 0 Å². The molecule has 5 heteroatoms. The molecule has 0 unspecified atom stereocenters. The summed E-state index contributed by atoms with van der Waals surface area (Å²) in [7, 11) is 4.30. The summed E-state index contributed by atoms with van der Waals surface area (Å²) in [6.07, 6.45) is 6.99. The van der Waals surface area contributed by atoms with Crippen molar-refractivity contribution in [2.45, 2.75) is 104 Å². The van der Waals surface area contributed by atoms with Gasteiger partial charge in [-0.3, -0.25) is 4.79 Å². The van der Waals surface area contributed by atoms with Crippen LogP contribution >= 0.6 is 0 Å². The summed E-state index contributed by atoms with van der Waals surface area (Å²) in [4.78, 5) is 17.0. The first-order valence-corrected chi connectivity index (χ1v) is 13.9. The minimum absolute atomic E-state index is 0.0160. The van der Waals surface area contributed by atoms with E-state index in [0.29, 0.717) is 36.3 Å². The molecule has 0 spiro atoms. The Morgan fingerprint density at radius 2 is 1.68 bits per heavy atom. The number of rotatable bonds is 3. The van der Waals surface area contributed by atoms with Crippen LogP contribution in [-0.2, 0) is 4.79 Å². The van der Waals surface area contributed by atoms with Crippen LogP contribution in [0.4, 0.5) is 0 Å². The largest absolute Gasteiger partial charge is 0.393 e. The molecule has 4 aliphatic carbocycles. The predicted molar refractivity (Wildman–Crippen MR) is 135 cm³/mol. The lowest BCUT2D eigenvalue weighted by Gasteiger charge is -2.63. The lowest BCUT2D eigenvalue weighted by atomic mass is 9.44. The first kappa shape index (κ1) is 24.8. The highest BCUT2D eigenvalue weighted by Gasteiger charge is 2.64. The summed E-state index contributed by atoms with van der Waals surface area (Å²) in [5, 5.41) is 22.8. The Labute approximate surface area is 207 Å². The van der Waals surface area contributed by atoms with E-state index >= 15 is 0 Å². The van der Waals surface area contributed by atoms with Gasteiger partial charge in [-0.1, -0.05) is 19.4 Å². The zero-order valence-electron chi connectivity index (χ0n) is 22.6. The van der Waals surface area contributed by atoms with Crippen LogP contribution in [0, 0.1) is 40.4 Å². The molecule has 5 nitrogen and oxygen atoms in total. The first-order chi connectivity index (χ1) is 15.9. The number of allylic oxidation sites excluding steroid dienone is 1. The standard InChI is InChI=1S/C29H48N2O3/c1-16(2)19-15-31(27(19)34)23-11-13-28(4)20-10-12-29(5)22(18(20)8-9-21(28)26(23)33)14-24(32)25(29)17(3)30(6)7/h17-18,20-26,32-33H,8-15H2,1-7H3/t17-,18+,20-,21-,22-,23+,24-,25-,26+,28+,29-/m0/s1. The van der Waals surface area contributed by atoms with Gasteiger partial charge in [0.2, 0.25) is 0 Å². The van der Waals surface area contributed by atoms with E-state index in [2.05, 4.69) is 39.8 Å². The van der Waals surface area contributed by atoms with Gasteiger partial charge in [-0.05, 0) is 114 Å². The van der Waals surface area contributed by atoms with E-state index in [-0.39, 0.29) is 34.8 Å². The third kappa shape index (κ3) is 3.32. The first-order valence-electron chi connectivity index (χ1n) is 13.9. The van der Waals surface area contributed by atoms with Crippen molar-refractivity contribution in [2.24, 2.45) is 40.4 Å². The van der Waals surface area contributed by atoms with Crippen LogP contribution in [-0.4, -0.2) is 70.9 Å². The molecule has 5 rings (SSSR count). The van der Waals surface area contributed by atoms with E-state index in [1.165, 1.54) is 12.8 Å². The number of hydrogen-bond donors (Lipinski definition) is 2. The molecule has 0 aromatic heterocycles. The van der Waals surface area contributed by atoms with E-state index in [4.69, 9.17) is 0 Å². The predicted octanol–water partition coefficient (Wildman–Crippen LogP) is 4.08. The minimum atomic E-state index is -0.411. The summed E-state index contributed by atoms with van der Waals surface area (Å²) in [5.74, 6) is 2.63. The van der Waals surface area contributed by atoms with Gasteiger partial charge in [0, 0.05) is 17.5 Å². The Hall–Kier alpha value is -0.910. The number of amides is 1.